The Morgan fingerprint density at radius 2 is 2.62 bits per heavy atom. The molecule has 0 aromatic carbocycles. The summed E-state index contributed by atoms with van der Waals surface area (Å²) < 4.78 is 0. The van der Waals surface area contributed by atoms with Crippen LogP contribution in [0.5, 0.6) is 0 Å². The number of nitrogens with zero attached hydrogens (tertiary/aromatic N) is 1. The van der Waals surface area contributed by atoms with Crippen molar-refractivity contribution in [3.63, 3.8) is 0 Å². The maximum atomic E-state index is 11.6. The maximum absolute atomic E-state index is 11.6. The zero-order valence-corrected chi connectivity index (χ0v) is 10.0. The molecule has 0 spiro atoms. The third-order valence-corrected chi connectivity index (χ3v) is 3.34. The minimum absolute atomic E-state index is 0.0157. The lowest BCUT2D eigenvalue weighted by Gasteiger charge is -2.08. The number of hydrogen-bond donors (Lipinski definition) is 2. The fraction of sp³-hybridized carbons (Fsp3) is 0.455. The van der Waals surface area contributed by atoms with Crippen LogP contribution in [0.2, 0.25) is 0 Å². The SMILES string of the molecule is CCc1csc(CNC(=O)[C@H]2C=CCN2)n1. The summed E-state index contributed by atoms with van der Waals surface area (Å²) in [4.78, 5) is 16.0. The van der Waals surface area contributed by atoms with E-state index in [1.165, 1.54) is 0 Å². The highest BCUT2D eigenvalue weighted by Crippen LogP contribution is 2.09. The Labute approximate surface area is 98.8 Å². The molecule has 0 saturated heterocycles. The summed E-state index contributed by atoms with van der Waals surface area (Å²) in [7, 11) is 0. The molecule has 0 bridgehead atoms. The van der Waals surface area contributed by atoms with Gasteiger partial charge in [-0.25, -0.2) is 4.98 Å². The van der Waals surface area contributed by atoms with Gasteiger partial charge in [0, 0.05) is 11.9 Å². The lowest BCUT2D eigenvalue weighted by molar-refractivity contribution is -0.122. The van der Waals surface area contributed by atoms with Crippen LogP contribution in [0.4, 0.5) is 0 Å². The normalized spacial score (nSPS) is 18.9. The molecular formula is C11H15N3OS. The second-order valence-corrected chi connectivity index (χ2v) is 4.56. The van der Waals surface area contributed by atoms with E-state index >= 15 is 0 Å². The van der Waals surface area contributed by atoms with Crippen LogP contribution in [0.1, 0.15) is 17.6 Å². The molecule has 0 unspecified atom stereocenters. The van der Waals surface area contributed by atoms with Gasteiger partial charge in [0.05, 0.1) is 12.2 Å². The van der Waals surface area contributed by atoms with E-state index < -0.39 is 0 Å². The van der Waals surface area contributed by atoms with Crippen molar-refractivity contribution in [1.82, 2.24) is 15.6 Å². The average molecular weight is 237 g/mol. The Kier molecular flexibility index (Phi) is 3.69. The van der Waals surface area contributed by atoms with Crippen molar-refractivity contribution in [1.29, 1.82) is 0 Å². The Bertz CT molecular complexity index is 400. The van der Waals surface area contributed by atoms with Gasteiger partial charge in [-0.3, -0.25) is 10.1 Å². The number of rotatable bonds is 4. The molecule has 5 heteroatoms. The van der Waals surface area contributed by atoms with Crippen LogP contribution in [-0.2, 0) is 17.8 Å². The molecule has 0 radical (unpaired) electrons. The van der Waals surface area contributed by atoms with E-state index in [9.17, 15) is 4.79 Å². The molecule has 16 heavy (non-hydrogen) atoms. The van der Waals surface area contributed by atoms with Crippen LogP contribution < -0.4 is 10.6 Å². The summed E-state index contributed by atoms with van der Waals surface area (Å²) in [6, 6.07) is -0.175. The molecule has 0 saturated carbocycles. The number of aryl methyl sites for hydroxylation is 1. The molecule has 0 fully saturated rings. The zero-order chi connectivity index (χ0) is 11.4. The van der Waals surface area contributed by atoms with Crippen LogP contribution in [0.25, 0.3) is 0 Å². The first-order chi connectivity index (χ1) is 7.79. The number of hydrogen-bond acceptors (Lipinski definition) is 4. The summed E-state index contributed by atoms with van der Waals surface area (Å²) in [5.74, 6) is 0.0157. The molecule has 4 nitrogen and oxygen atoms in total. The smallest absolute Gasteiger partial charge is 0.241 e. The third-order valence-electron chi connectivity index (χ3n) is 2.44. The van der Waals surface area contributed by atoms with E-state index in [4.69, 9.17) is 0 Å². The van der Waals surface area contributed by atoms with Crippen molar-refractivity contribution in [2.45, 2.75) is 25.9 Å². The van der Waals surface area contributed by atoms with E-state index in [1.54, 1.807) is 11.3 Å². The lowest BCUT2D eigenvalue weighted by Crippen LogP contribution is -2.40. The van der Waals surface area contributed by atoms with Crippen LogP contribution in [0.3, 0.4) is 0 Å². The molecule has 1 aliphatic heterocycles. The molecule has 2 rings (SSSR count). The average Bonchev–Trinajstić information content (AvgIpc) is 2.96. The van der Waals surface area contributed by atoms with E-state index in [0.29, 0.717) is 6.54 Å². The van der Waals surface area contributed by atoms with Crippen molar-refractivity contribution in [3.8, 4) is 0 Å². The summed E-state index contributed by atoms with van der Waals surface area (Å²) in [5.41, 5.74) is 1.09. The summed E-state index contributed by atoms with van der Waals surface area (Å²) in [6.07, 6.45) is 4.79. The van der Waals surface area contributed by atoms with Crippen molar-refractivity contribution < 1.29 is 4.79 Å². The first-order valence-corrected chi connectivity index (χ1v) is 6.28. The predicted molar refractivity (Wildman–Crippen MR) is 64.3 cm³/mol. The number of amides is 1. The van der Waals surface area contributed by atoms with Crippen LogP contribution in [0, 0.1) is 0 Å². The highest BCUT2D eigenvalue weighted by Gasteiger charge is 2.16. The fourth-order valence-electron chi connectivity index (χ4n) is 1.51. The second kappa shape index (κ2) is 5.23. The van der Waals surface area contributed by atoms with Gasteiger partial charge in [0.2, 0.25) is 5.91 Å². The standard InChI is InChI=1S/C11H15N3OS/c1-2-8-7-16-10(14-8)6-13-11(15)9-4-3-5-12-9/h3-4,7,9,12H,2,5-6H2,1H3,(H,13,15)/t9-/m1/s1. The van der Waals surface area contributed by atoms with Crippen LogP contribution in [0.15, 0.2) is 17.5 Å². The second-order valence-electron chi connectivity index (χ2n) is 3.62. The Morgan fingerprint density at radius 3 is 3.25 bits per heavy atom. The maximum Gasteiger partial charge on any atom is 0.241 e. The summed E-state index contributed by atoms with van der Waals surface area (Å²) in [5, 5.41) is 8.94. The number of carbonyl (C=O) groups is 1. The molecule has 2 heterocycles. The molecule has 86 valence electrons. The molecule has 1 atom stereocenters. The highest BCUT2D eigenvalue weighted by molar-refractivity contribution is 7.09. The Hall–Kier alpha value is -1.20. The number of aromatic nitrogens is 1. The van der Waals surface area contributed by atoms with Gasteiger partial charge in [0.1, 0.15) is 11.0 Å². The molecule has 1 amide bonds. The van der Waals surface area contributed by atoms with E-state index in [0.717, 1.165) is 23.7 Å². The molecule has 1 aromatic heterocycles. The molecule has 2 N–H and O–H groups in total. The lowest BCUT2D eigenvalue weighted by atomic mass is 10.3. The van der Waals surface area contributed by atoms with Crippen molar-refractivity contribution in [3.05, 3.63) is 28.2 Å². The monoisotopic (exact) mass is 237 g/mol. The van der Waals surface area contributed by atoms with Gasteiger partial charge < -0.3 is 5.32 Å². The van der Waals surface area contributed by atoms with Crippen LogP contribution >= 0.6 is 11.3 Å². The largest absolute Gasteiger partial charge is 0.348 e. The van der Waals surface area contributed by atoms with Gasteiger partial charge in [-0.2, -0.15) is 0 Å². The molecular weight excluding hydrogens is 222 g/mol. The highest BCUT2D eigenvalue weighted by atomic mass is 32.1. The zero-order valence-electron chi connectivity index (χ0n) is 9.19. The fourth-order valence-corrected chi connectivity index (χ4v) is 2.33. The number of thiazole rings is 1. The predicted octanol–water partition coefficient (Wildman–Crippen LogP) is 0.850. The minimum atomic E-state index is -0.175. The van der Waals surface area contributed by atoms with Gasteiger partial charge in [-0.15, -0.1) is 11.3 Å². The van der Waals surface area contributed by atoms with E-state index in [1.807, 2.05) is 17.5 Å². The third kappa shape index (κ3) is 2.68. The van der Waals surface area contributed by atoms with Crippen LogP contribution in [-0.4, -0.2) is 23.5 Å². The Morgan fingerprint density at radius 1 is 1.75 bits per heavy atom. The summed E-state index contributed by atoms with van der Waals surface area (Å²) in [6.45, 7) is 3.37. The van der Waals surface area contributed by atoms with Gasteiger partial charge in [0.25, 0.3) is 0 Å². The van der Waals surface area contributed by atoms with Gasteiger partial charge in [0.15, 0.2) is 0 Å². The van der Waals surface area contributed by atoms with E-state index in [-0.39, 0.29) is 11.9 Å². The van der Waals surface area contributed by atoms with E-state index in [2.05, 4.69) is 22.5 Å². The Balaban J connectivity index is 1.82. The summed E-state index contributed by atoms with van der Waals surface area (Å²) >= 11 is 1.59. The molecule has 1 aliphatic rings. The molecule has 0 aliphatic carbocycles. The van der Waals surface area contributed by atoms with Gasteiger partial charge in [-0.1, -0.05) is 19.1 Å². The van der Waals surface area contributed by atoms with Gasteiger partial charge >= 0.3 is 0 Å². The first kappa shape index (κ1) is 11.3. The number of nitrogens with one attached hydrogen (secondary N) is 2. The van der Waals surface area contributed by atoms with Crippen molar-refractivity contribution >= 4 is 17.2 Å². The topological polar surface area (TPSA) is 54.0 Å². The van der Waals surface area contributed by atoms with Crippen molar-refractivity contribution in [2.75, 3.05) is 6.54 Å². The van der Waals surface area contributed by atoms with Crippen molar-refractivity contribution in [2.24, 2.45) is 0 Å². The quantitative estimate of drug-likeness (QED) is 0.763. The first-order valence-electron chi connectivity index (χ1n) is 5.40. The minimum Gasteiger partial charge on any atom is -0.348 e. The number of carbonyl (C=O) groups excluding carboxylic acids is 1. The molecule has 1 aromatic rings. The van der Waals surface area contributed by atoms with Gasteiger partial charge in [-0.05, 0) is 6.42 Å².